The van der Waals surface area contributed by atoms with Crippen LogP contribution in [0.2, 0.25) is 5.02 Å². The number of benzene rings is 2. The Labute approximate surface area is 156 Å². The van der Waals surface area contributed by atoms with E-state index in [1.165, 1.54) is 23.1 Å². The number of thioether (sulfide) groups is 1. The van der Waals surface area contributed by atoms with Gasteiger partial charge in [-0.1, -0.05) is 53.8 Å². The quantitative estimate of drug-likeness (QED) is 0.472. The van der Waals surface area contributed by atoms with Gasteiger partial charge in [-0.3, -0.25) is 9.69 Å². The summed E-state index contributed by atoms with van der Waals surface area (Å²) >= 11 is 12.2. The molecule has 0 N–H and O–H groups in total. The molecular weight excluding hydrogens is 391 g/mol. The monoisotopic (exact) mass is 399 g/mol. The minimum Gasteiger partial charge on any atom is -0.268 e. The summed E-state index contributed by atoms with van der Waals surface area (Å²) in [7, 11) is 0. The Morgan fingerprint density at radius 2 is 1.84 bits per heavy atom. The summed E-state index contributed by atoms with van der Waals surface area (Å²) in [6, 6.07) is 11.4. The van der Waals surface area contributed by atoms with Crippen molar-refractivity contribution in [2.75, 3.05) is 4.90 Å². The standard InChI is InChI=1S/C17H9ClF3NOS2/c18-12-5-2-6-13(9-12)22-15(23)14(25-16(22)24)8-10-3-1-4-11(7-10)17(19,20)21/h1-9H. The molecule has 1 aliphatic heterocycles. The van der Waals surface area contributed by atoms with Gasteiger partial charge in [-0.15, -0.1) is 0 Å². The van der Waals surface area contributed by atoms with Gasteiger partial charge in [0.15, 0.2) is 4.32 Å². The first-order valence-corrected chi connectivity index (χ1v) is 8.57. The summed E-state index contributed by atoms with van der Waals surface area (Å²) in [5.74, 6) is -0.394. The molecule has 1 heterocycles. The average Bonchev–Trinajstić information content (AvgIpc) is 2.81. The molecule has 128 valence electrons. The summed E-state index contributed by atoms with van der Waals surface area (Å²) in [6.07, 6.45) is -3.04. The van der Waals surface area contributed by atoms with E-state index in [9.17, 15) is 18.0 Å². The van der Waals surface area contributed by atoms with Crippen molar-refractivity contribution in [1.82, 2.24) is 0 Å². The van der Waals surface area contributed by atoms with Crippen molar-refractivity contribution >= 4 is 57.6 Å². The molecule has 0 atom stereocenters. The van der Waals surface area contributed by atoms with E-state index < -0.39 is 17.6 Å². The molecule has 8 heteroatoms. The molecule has 0 aliphatic carbocycles. The zero-order valence-electron chi connectivity index (χ0n) is 12.4. The lowest BCUT2D eigenvalue weighted by atomic mass is 10.1. The molecule has 3 rings (SSSR count). The van der Waals surface area contributed by atoms with Crippen molar-refractivity contribution in [2.45, 2.75) is 6.18 Å². The first-order chi connectivity index (χ1) is 11.8. The van der Waals surface area contributed by atoms with Gasteiger partial charge in [0.05, 0.1) is 16.2 Å². The molecule has 0 radical (unpaired) electrons. The molecule has 1 amide bonds. The van der Waals surface area contributed by atoms with E-state index in [4.69, 9.17) is 23.8 Å². The lowest BCUT2D eigenvalue weighted by Gasteiger charge is -2.14. The third-order valence-electron chi connectivity index (χ3n) is 3.37. The third-order valence-corrected chi connectivity index (χ3v) is 4.91. The van der Waals surface area contributed by atoms with Crippen LogP contribution in [0.15, 0.2) is 53.4 Å². The van der Waals surface area contributed by atoms with Crippen LogP contribution in [-0.4, -0.2) is 10.2 Å². The highest BCUT2D eigenvalue weighted by atomic mass is 35.5. The fourth-order valence-corrected chi connectivity index (χ4v) is 3.75. The second-order valence-corrected chi connectivity index (χ2v) is 7.23. The number of nitrogens with zero attached hydrogens (tertiary/aromatic N) is 1. The van der Waals surface area contributed by atoms with Crippen LogP contribution in [0.1, 0.15) is 11.1 Å². The van der Waals surface area contributed by atoms with Gasteiger partial charge in [-0.05, 0) is 42.0 Å². The predicted molar refractivity (Wildman–Crippen MR) is 98.5 cm³/mol. The van der Waals surface area contributed by atoms with Crippen molar-refractivity contribution in [2.24, 2.45) is 0 Å². The van der Waals surface area contributed by atoms with Crippen LogP contribution >= 0.6 is 35.6 Å². The second kappa shape index (κ2) is 6.82. The molecule has 1 fully saturated rings. The lowest BCUT2D eigenvalue weighted by molar-refractivity contribution is -0.137. The van der Waals surface area contributed by atoms with Crippen LogP contribution < -0.4 is 4.90 Å². The fourth-order valence-electron chi connectivity index (χ4n) is 2.26. The normalized spacial score (nSPS) is 16.8. The van der Waals surface area contributed by atoms with Crippen LogP contribution in [0.5, 0.6) is 0 Å². The molecular formula is C17H9ClF3NOS2. The topological polar surface area (TPSA) is 20.3 Å². The highest BCUT2D eigenvalue weighted by Crippen LogP contribution is 2.37. The van der Waals surface area contributed by atoms with Crippen molar-refractivity contribution in [1.29, 1.82) is 0 Å². The molecule has 0 aromatic heterocycles. The van der Waals surface area contributed by atoms with Crippen molar-refractivity contribution in [3.8, 4) is 0 Å². The molecule has 0 bridgehead atoms. The van der Waals surface area contributed by atoms with Gasteiger partial charge in [-0.2, -0.15) is 13.2 Å². The zero-order chi connectivity index (χ0) is 18.2. The van der Waals surface area contributed by atoms with Gasteiger partial charge in [0.1, 0.15) is 0 Å². The average molecular weight is 400 g/mol. The van der Waals surface area contributed by atoms with Crippen molar-refractivity contribution < 1.29 is 18.0 Å². The Kier molecular flexibility index (Phi) is 4.90. The Morgan fingerprint density at radius 1 is 1.12 bits per heavy atom. The summed E-state index contributed by atoms with van der Waals surface area (Å²) in [6.45, 7) is 0. The van der Waals surface area contributed by atoms with Crippen LogP contribution in [0, 0.1) is 0 Å². The van der Waals surface area contributed by atoms with Crippen LogP contribution in [0.3, 0.4) is 0 Å². The molecule has 1 aliphatic rings. The first kappa shape index (κ1) is 18.0. The van der Waals surface area contributed by atoms with Crippen LogP contribution in [-0.2, 0) is 11.0 Å². The molecule has 0 unspecified atom stereocenters. The fraction of sp³-hybridized carbons (Fsp3) is 0.0588. The van der Waals surface area contributed by atoms with E-state index in [2.05, 4.69) is 0 Å². The highest BCUT2D eigenvalue weighted by Gasteiger charge is 2.34. The van der Waals surface area contributed by atoms with Crippen molar-refractivity contribution in [3.05, 3.63) is 69.6 Å². The number of halogens is 4. The van der Waals surface area contributed by atoms with E-state index in [0.717, 1.165) is 23.9 Å². The Balaban J connectivity index is 1.93. The zero-order valence-corrected chi connectivity index (χ0v) is 14.8. The maximum atomic E-state index is 12.8. The lowest BCUT2D eigenvalue weighted by Crippen LogP contribution is -2.27. The van der Waals surface area contributed by atoms with Gasteiger partial charge in [-0.25, -0.2) is 0 Å². The number of hydrogen-bond acceptors (Lipinski definition) is 3. The maximum absolute atomic E-state index is 12.8. The van der Waals surface area contributed by atoms with E-state index in [0.29, 0.717) is 15.0 Å². The summed E-state index contributed by atoms with van der Waals surface area (Å²) in [4.78, 5) is 14.2. The SMILES string of the molecule is O=C1C(=Cc2cccc(C(F)(F)F)c2)SC(=S)N1c1cccc(Cl)c1. The van der Waals surface area contributed by atoms with Gasteiger partial charge < -0.3 is 0 Å². The van der Waals surface area contributed by atoms with Crippen molar-refractivity contribution in [3.63, 3.8) is 0 Å². The molecule has 25 heavy (non-hydrogen) atoms. The maximum Gasteiger partial charge on any atom is 0.416 e. The summed E-state index contributed by atoms with van der Waals surface area (Å²) in [5.41, 5.74) is 0.0235. The van der Waals surface area contributed by atoms with Crippen LogP contribution in [0.25, 0.3) is 6.08 Å². The molecule has 1 saturated heterocycles. The molecule has 2 aromatic carbocycles. The Hall–Kier alpha value is -1.83. The summed E-state index contributed by atoms with van der Waals surface area (Å²) in [5, 5.41) is 0.452. The van der Waals surface area contributed by atoms with E-state index >= 15 is 0 Å². The first-order valence-electron chi connectivity index (χ1n) is 6.96. The third kappa shape index (κ3) is 3.89. The van der Waals surface area contributed by atoms with Gasteiger partial charge in [0.2, 0.25) is 0 Å². The number of rotatable bonds is 2. The smallest absolute Gasteiger partial charge is 0.268 e. The number of carbonyl (C=O) groups is 1. The Morgan fingerprint density at radius 3 is 2.52 bits per heavy atom. The van der Waals surface area contributed by atoms with E-state index in [1.807, 2.05) is 0 Å². The number of carbonyl (C=O) groups excluding carboxylic acids is 1. The summed E-state index contributed by atoms with van der Waals surface area (Å²) < 4.78 is 38.7. The van der Waals surface area contributed by atoms with E-state index in [1.54, 1.807) is 24.3 Å². The minimum absolute atomic E-state index is 0.254. The number of thiocarbonyl (C=S) groups is 1. The number of amides is 1. The highest BCUT2D eigenvalue weighted by molar-refractivity contribution is 8.27. The number of anilines is 1. The molecule has 2 aromatic rings. The van der Waals surface area contributed by atoms with Gasteiger partial charge >= 0.3 is 6.18 Å². The van der Waals surface area contributed by atoms with Gasteiger partial charge in [0.25, 0.3) is 5.91 Å². The number of hydrogen-bond donors (Lipinski definition) is 0. The predicted octanol–water partition coefficient (Wildman–Crippen LogP) is 5.76. The number of alkyl halides is 3. The van der Waals surface area contributed by atoms with Gasteiger partial charge in [0, 0.05) is 5.02 Å². The minimum atomic E-state index is -4.44. The van der Waals surface area contributed by atoms with Crippen LogP contribution in [0.4, 0.5) is 18.9 Å². The molecule has 2 nitrogen and oxygen atoms in total. The van der Waals surface area contributed by atoms with E-state index in [-0.39, 0.29) is 10.5 Å². The molecule has 0 spiro atoms. The Bertz CT molecular complexity index is 895. The largest absolute Gasteiger partial charge is 0.416 e. The second-order valence-electron chi connectivity index (χ2n) is 5.12. The molecule has 0 saturated carbocycles.